The highest BCUT2D eigenvalue weighted by atomic mass is 16.4. The van der Waals surface area contributed by atoms with Crippen molar-refractivity contribution in [2.75, 3.05) is 18.0 Å². The predicted octanol–water partition coefficient (Wildman–Crippen LogP) is 0.692. The van der Waals surface area contributed by atoms with Crippen LogP contribution in [0.1, 0.15) is 24.6 Å². The summed E-state index contributed by atoms with van der Waals surface area (Å²) in [5, 5.41) is 21.7. The molecule has 2 rings (SSSR count). The highest BCUT2D eigenvalue weighted by molar-refractivity contribution is 6.01. The maximum atomic E-state index is 9.79. The first-order valence-corrected chi connectivity index (χ1v) is 6.41. The lowest BCUT2D eigenvalue weighted by Gasteiger charge is -2.36. The fourth-order valence-corrected chi connectivity index (χ4v) is 2.36. The predicted molar refractivity (Wildman–Crippen MR) is 73.5 cm³/mol. The first-order chi connectivity index (χ1) is 9.02. The van der Waals surface area contributed by atoms with Crippen LogP contribution in [-0.4, -0.2) is 40.3 Å². The standard InChI is InChI=1S/C13H20N4O2/c1-8-7-17(6-5-11(8)18)13-10(12(14)16-19)4-3-9(2)15-13/h3-4,8,11,18-19H,5-7H2,1-2H3,(H2,14,16). The number of amidine groups is 1. The zero-order valence-corrected chi connectivity index (χ0v) is 11.2. The van der Waals surface area contributed by atoms with Crippen LogP contribution in [0.3, 0.4) is 0 Å². The zero-order chi connectivity index (χ0) is 14.0. The number of piperidine rings is 1. The highest BCUT2D eigenvalue weighted by Gasteiger charge is 2.27. The Morgan fingerprint density at radius 3 is 2.89 bits per heavy atom. The van der Waals surface area contributed by atoms with E-state index in [4.69, 9.17) is 10.9 Å². The molecule has 0 aromatic carbocycles. The van der Waals surface area contributed by atoms with Gasteiger partial charge < -0.3 is 20.9 Å². The van der Waals surface area contributed by atoms with Crippen molar-refractivity contribution in [1.82, 2.24) is 4.98 Å². The second-order valence-corrected chi connectivity index (χ2v) is 5.09. The second kappa shape index (κ2) is 5.44. The molecule has 0 amide bonds. The average Bonchev–Trinajstić information content (AvgIpc) is 2.41. The minimum atomic E-state index is -0.270. The number of anilines is 1. The number of aryl methyl sites for hydroxylation is 1. The lowest BCUT2D eigenvalue weighted by atomic mass is 9.96. The van der Waals surface area contributed by atoms with Gasteiger partial charge in [0.2, 0.25) is 0 Å². The molecule has 1 aliphatic heterocycles. The molecule has 2 unspecified atom stereocenters. The SMILES string of the molecule is Cc1ccc(/C(N)=N/O)c(N2CCC(O)C(C)C2)n1. The molecule has 1 saturated heterocycles. The number of nitrogens with zero attached hydrogens (tertiary/aromatic N) is 3. The summed E-state index contributed by atoms with van der Waals surface area (Å²) in [6, 6.07) is 3.64. The Labute approximate surface area is 112 Å². The van der Waals surface area contributed by atoms with Crippen LogP contribution < -0.4 is 10.6 Å². The quantitative estimate of drug-likeness (QED) is 0.316. The topological polar surface area (TPSA) is 95.0 Å². The Balaban J connectivity index is 2.35. The average molecular weight is 264 g/mol. The Kier molecular flexibility index (Phi) is 3.90. The number of aliphatic hydroxyl groups is 1. The van der Waals surface area contributed by atoms with Gasteiger partial charge in [0.15, 0.2) is 5.84 Å². The van der Waals surface area contributed by atoms with Gasteiger partial charge in [-0.25, -0.2) is 4.98 Å². The van der Waals surface area contributed by atoms with Crippen molar-refractivity contribution < 1.29 is 10.3 Å². The lowest BCUT2D eigenvalue weighted by Crippen LogP contribution is -2.43. The first-order valence-electron chi connectivity index (χ1n) is 6.41. The first kappa shape index (κ1) is 13.6. The van der Waals surface area contributed by atoms with E-state index in [1.54, 1.807) is 0 Å². The van der Waals surface area contributed by atoms with Gasteiger partial charge in [0.1, 0.15) is 5.82 Å². The molecule has 2 atom stereocenters. The molecule has 104 valence electrons. The Bertz CT molecular complexity index is 490. The van der Waals surface area contributed by atoms with Gasteiger partial charge in [0.05, 0.1) is 11.7 Å². The van der Waals surface area contributed by atoms with Gasteiger partial charge >= 0.3 is 0 Å². The fourth-order valence-electron chi connectivity index (χ4n) is 2.36. The fraction of sp³-hybridized carbons (Fsp3) is 0.538. The summed E-state index contributed by atoms with van der Waals surface area (Å²) >= 11 is 0. The summed E-state index contributed by atoms with van der Waals surface area (Å²) in [5.74, 6) is 0.950. The number of nitrogens with two attached hydrogens (primary N) is 1. The molecular weight excluding hydrogens is 244 g/mol. The van der Waals surface area contributed by atoms with Crippen LogP contribution in [0.15, 0.2) is 17.3 Å². The minimum Gasteiger partial charge on any atom is -0.409 e. The smallest absolute Gasteiger partial charge is 0.173 e. The van der Waals surface area contributed by atoms with E-state index < -0.39 is 0 Å². The van der Waals surface area contributed by atoms with Crippen LogP contribution >= 0.6 is 0 Å². The Hall–Kier alpha value is -1.82. The monoisotopic (exact) mass is 264 g/mol. The molecule has 0 bridgehead atoms. The van der Waals surface area contributed by atoms with E-state index in [1.807, 2.05) is 26.0 Å². The Morgan fingerprint density at radius 2 is 2.26 bits per heavy atom. The van der Waals surface area contributed by atoms with Crippen molar-refractivity contribution in [3.05, 3.63) is 23.4 Å². The summed E-state index contributed by atoms with van der Waals surface area (Å²) in [7, 11) is 0. The number of pyridine rings is 1. The van der Waals surface area contributed by atoms with Gasteiger partial charge in [-0.1, -0.05) is 12.1 Å². The molecule has 19 heavy (non-hydrogen) atoms. The summed E-state index contributed by atoms with van der Waals surface area (Å²) in [6.07, 6.45) is 0.431. The molecule has 0 saturated carbocycles. The van der Waals surface area contributed by atoms with E-state index in [0.717, 1.165) is 5.69 Å². The molecule has 6 heteroatoms. The molecule has 1 aromatic heterocycles. The summed E-state index contributed by atoms with van der Waals surface area (Å²) in [6.45, 7) is 5.34. The second-order valence-electron chi connectivity index (χ2n) is 5.09. The largest absolute Gasteiger partial charge is 0.409 e. The molecule has 2 heterocycles. The van der Waals surface area contributed by atoms with Gasteiger partial charge in [0, 0.05) is 18.8 Å². The van der Waals surface area contributed by atoms with Crippen molar-refractivity contribution in [2.45, 2.75) is 26.4 Å². The molecule has 1 fully saturated rings. The van der Waals surface area contributed by atoms with E-state index in [1.165, 1.54) is 0 Å². The van der Waals surface area contributed by atoms with Crippen LogP contribution in [0.25, 0.3) is 0 Å². The van der Waals surface area contributed by atoms with E-state index in [0.29, 0.717) is 30.9 Å². The number of oxime groups is 1. The summed E-state index contributed by atoms with van der Waals surface area (Å²) in [4.78, 5) is 6.58. The number of rotatable bonds is 2. The van der Waals surface area contributed by atoms with Gasteiger partial charge in [0.25, 0.3) is 0 Å². The van der Waals surface area contributed by atoms with Crippen LogP contribution in [0, 0.1) is 12.8 Å². The van der Waals surface area contributed by atoms with Crippen LogP contribution in [0.2, 0.25) is 0 Å². The third kappa shape index (κ3) is 2.78. The third-order valence-corrected chi connectivity index (χ3v) is 3.56. The van der Waals surface area contributed by atoms with Gasteiger partial charge in [-0.15, -0.1) is 0 Å². The number of hydrogen-bond donors (Lipinski definition) is 3. The summed E-state index contributed by atoms with van der Waals surface area (Å²) < 4.78 is 0. The van der Waals surface area contributed by atoms with Crippen molar-refractivity contribution >= 4 is 11.7 Å². The molecule has 0 radical (unpaired) electrons. The van der Waals surface area contributed by atoms with Crippen LogP contribution in [-0.2, 0) is 0 Å². The van der Waals surface area contributed by atoms with Gasteiger partial charge in [-0.2, -0.15) is 0 Å². The zero-order valence-electron chi connectivity index (χ0n) is 11.2. The normalized spacial score (nSPS) is 24.6. The van der Waals surface area contributed by atoms with Crippen molar-refractivity contribution in [2.24, 2.45) is 16.8 Å². The number of aliphatic hydroxyl groups excluding tert-OH is 1. The third-order valence-electron chi connectivity index (χ3n) is 3.56. The molecule has 1 aliphatic rings. The maximum absolute atomic E-state index is 9.79. The highest BCUT2D eigenvalue weighted by Crippen LogP contribution is 2.25. The van der Waals surface area contributed by atoms with E-state index in [-0.39, 0.29) is 17.9 Å². The number of hydrogen-bond acceptors (Lipinski definition) is 5. The van der Waals surface area contributed by atoms with Crippen molar-refractivity contribution in [3.63, 3.8) is 0 Å². The van der Waals surface area contributed by atoms with Crippen LogP contribution in [0.4, 0.5) is 5.82 Å². The molecular formula is C13H20N4O2. The van der Waals surface area contributed by atoms with E-state index in [9.17, 15) is 5.11 Å². The molecule has 1 aromatic rings. The van der Waals surface area contributed by atoms with Gasteiger partial charge in [-0.05, 0) is 31.4 Å². The van der Waals surface area contributed by atoms with Crippen molar-refractivity contribution in [1.29, 1.82) is 0 Å². The van der Waals surface area contributed by atoms with Crippen LogP contribution in [0.5, 0.6) is 0 Å². The maximum Gasteiger partial charge on any atom is 0.173 e. The molecule has 0 aliphatic carbocycles. The lowest BCUT2D eigenvalue weighted by molar-refractivity contribution is 0.0969. The molecule has 4 N–H and O–H groups in total. The van der Waals surface area contributed by atoms with Crippen molar-refractivity contribution in [3.8, 4) is 0 Å². The molecule has 0 spiro atoms. The Morgan fingerprint density at radius 1 is 1.53 bits per heavy atom. The summed E-state index contributed by atoms with van der Waals surface area (Å²) in [5.41, 5.74) is 7.20. The number of aromatic nitrogens is 1. The molecule has 6 nitrogen and oxygen atoms in total. The van der Waals surface area contributed by atoms with Gasteiger partial charge in [-0.3, -0.25) is 0 Å². The minimum absolute atomic E-state index is 0.0567. The van der Waals surface area contributed by atoms with E-state index >= 15 is 0 Å². The van der Waals surface area contributed by atoms with E-state index in [2.05, 4.69) is 15.0 Å².